The summed E-state index contributed by atoms with van der Waals surface area (Å²) in [7, 11) is 4.11. The molecule has 2 atom stereocenters. The molecule has 1 aliphatic heterocycles. The van der Waals surface area contributed by atoms with E-state index in [0.29, 0.717) is 6.04 Å². The van der Waals surface area contributed by atoms with E-state index in [9.17, 15) is 4.79 Å². The number of hydrogen-bond donors (Lipinski definition) is 1. The van der Waals surface area contributed by atoms with Crippen LogP contribution in [0.25, 0.3) is 0 Å². The first kappa shape index (κ1) is 13.5. The number of nitrogens with zero attached hydrogens (tertiary/aromatic N) is 2. The molecule has 0 aliphatic carbocycles. The number of carbonyl (C=O) groups excluding carboxylic acids is 1. The fourth-order valence-electron chi connectivity index (χ4n) is 1.91. The van der Waals surface area contributed by atoms with E-state index in [4.69, 9.17) is 0 Å². The van der Waals surface area contributed by atoms with Gasteiger partial charge in [-0.25, -0.2) is 0 Å². The lowest BCUT2D eigenvalue weighted by Crippen LogP contribution is -2.43. The van der Waals surface area contributed by atoms with Crippen LogP contribution in [0.15, 0.2) is 0 Å². The molecule has 1 fully saturated rings. The van der Waals surface area contributed by atoms with Gasteiger partial charge in [0, 0.05) is 19.1 Å². The monoisotopic (exact) mass is 227 g/mol. The van der Waals surface area contributed by atoms with Gasteiger partial charge in [-0.05, 0) is 40.4 Å². The van der Waals surface area contributed by atoms with Crippen LogP contribution in [0.2, 0.25) is 0 Å². The molecule has 0 bridgehead atoms. The number of rotatable bonds is 6. The first-order valence-electron chi connectivity index (χ1n) is 6.24. The maximum Gasteiger partial charge on any atom is 0.239 e. The van der Waals surface area contributed by atoms with E-state index < -0.39 is 0 Å². The van der Waals surface area contributed by atoms with Gasteiger partial charge in [0.25, 0.3) is 0 Å². The Hall–Kier alpha value is -0.610. The lowest BCUT2D eigenvalue weighted by molar-refractivity contribution is -0.129. The van der Waals surface area contributed by atoms with Crippen LogP contribution in [-0.4, -0.2) is 61.5 Å². The van der Waals surface area contributed by atoms with Crippen LogP contribution < -0.4 is 5.32 Å². The average molecular weight is 227 g/mol. The van der Waals surface area contributed by atoms with Gasteiger partial charge in [0.05, 0.1) is 6.04 Å². The second-order valence-corrected chi connectivity index (χ2v) is 4.89. The molecule has 4 heteroatoms. The number of nitrogens with one attached hydrogen (secondary N) is 1. The van der Waals surface area contributed by atoms with Crippen molar-refractivity contribution in [2.75, 3.05) is 33.7 Å². The predicted molar refractivity (Wildman–Crippen MR) is 66.4 cm³/mol. The quantitative estimate of drug-likeness (QED) is 0.719. The number of likely N-dealkylation sites (tertiary alicyclic amines) is 1. The van der Waals surface area contributed by atoms with Gasteiger partial charge in [-0.1, -0.05) is 6.92 Å². The Morgan fingerprint density at radius 1 is 1.56 bits per heavy atom. The highest BCUT2D eigenvalue weighted by Gasteiger charge is 2.31. The Morgan fingerprint density at radius 3 is 2.81 bits per heavy atom. The van der Waals surface area contributed by atoms with Crippen molar-refractivity contribution in [3.8, 4) is 0 Å². The van der Waals surface area contributed by atoms with Crippen LogP contribution in [0.4, 0.5) is 0 Å². The van der Waals surface area contributed by atoms with E-state index in [-0.39, 0.29) is 11.9 Å². The summed E-state index contributed by atoms with van der Waals surface area (Å²) >= 11 is 0. The van der Waals surface area contributed by atoms with Gasteiger partial charge < -0.3 is 15.1 Å². The van der Waals surface area contributed by atoms with E-state index >= 15 is 0 Å². The highest BCUT2D eigenvalue weighted by molar-refractivity contribution is 5.84. The molecule has 16 heavy (non-hydrogen) atoms. The predicted octanol–water partition coefficient (Wildman–Crippen LogP) is 0.537. The maximum absolute atomic E-state index is 12.0. The van der Waals surface area contributed by atoms with Gasteiger partial charge in [0.2, 0.25) is 5.91 Å². The second kappa shape index (κ2) is 6.21. The molecule has 0 radical (unpaired) electrons. The number of carbonyl (C=O) groups is 1. The van der Waals surface area contributed by atoms with Crippen LogP contribution >= 0.6 is 0 Å². The standard InChI is InChI=1S/C12H25N3O/c1-5-7-13-11-6-8-15(12(11)16)9-10(2)14(3)4/h10-11,13H,5-9H2,1-4H3. The first-order valence-corrected chi connectivity index (χ1v) is 6.24. The van der Waals surface area contributed by atoms with Crippen molar-refractivity contribution >= 4 is 5.91 Å². The maximum atomic E-state index is 12.0. The third-order valence-electron chi connectivity index (χ3n) is 3.30. The van der Waals surface area contributed by atoms with Crippen molar-refractivity contribution in [1.82, 2.24) is 15.1 Å². The van der Waals surface area contributed by atoms with Crippen LogP contribution in [-0.2, 0) is 4.79 Å². The molecule has 1 saturated heterocycles. The van der Waals surface area contributed by atoms with E-state index in [1.54, 1.807) is 0 Å². The summed E-state index contributed by atoms with van der Waals surface area (Å²) < 4.78 is 0. The van der Waals surface area contributed by atoms with Crippen molar-refractivity contribution in [2.45, 2.75) is 38.8 Å². The lowest BCUT2D eigenvalue weighted by atomic mass is 10.2. The molecule has 0 spiro atoms. The van der Waals surface area contributed by atoms with E-state index in [1.165, 1.54) is 0 Å². The number of hydrogen-bond acceptors (Lipinski definition) is 3. The molecule has 94 valence electrons. The summed E-state index contributed by atoms with van der Waals surface area (Å²) in [5, 5.41) is 3.31. The van der Waals surface area contributed by atoms with Gasteiger partial charge in [0.1, 0.15) is 0 Å². The third-order valence-corrected chi connectivity index (χ3v) is 3.30. The molecule has 0 aromatic rings. The molecule has 4 nitrogen and oxygen atoms in total. The summed E-state index contributed by atoms with van der Waals surface area (Å²) in [6, 6.07) is 0.489. The largest absolute Gasteiger partial charge is 0.340 e. The van der Waals surface area contributed by atoms with Gasteiger partial charge in [-0.3, -0.25) is 4.79 Å². The minimum absolute atomic E-state index is 0.0642. The molecule has 1 rings (SSSR count). The molecular weight excluding hydrogens is 202 g/mol. The fourth-order valence-corrected chi connectivity index (χ4v) is 1.91. The van der Waals surface area contributed by atoms with Gasteiger partial charge in [-0.2, -0.15) is 0 Å². The molecule has 0 saturated carbocycles. The second-order valence-electron chi connectivity index (χ2n) is 4.89. The smallest absolute Gasteiger partial charge is 0.239 e. The Labute approximate surface area is 99.0 Å². The molecule has 1 N–H and O–H groups in total. The van der Waals surface area contributed by atoms with E-state index in [2.05, 4.69) is 38.2 Å². The van der Waals surface area contributed by atoms with Crippen LogP contribution in [0.1, 0.15) is 26.7 Å². The SMILES string of the molecule is CCCNC1CCN(CC(C)N(C)C)C1=O. The topological polar surface area (TPSA) is 35.6 Å². The normalized spacial score (nSPS) is 23.2. The highest BCUT2D eigenvalue weighted by atomic mass is 16.2. The summed E-state index contributed by atoms with van der Waals surface area (Å²) in [5.41, 5.74) is 0. The van der Waals surface area contributed by atoms with Crippen molar-refractivity contribution in [1.29, 1.82) is 0 Å². The number of amides is 1. The van der Waals surface area contributed by atoms with Crippen LogP contribution in [0.3, 0.4) is 0 Å². The molecule has 0 aromatic carbocycles. The zero-order valence-corrected chi connectivity index (χ0v) is 11.0. The summed E-state index contributed by atoms with van der Waals surface area (Å²) in [6.45, 7) is 6.96. The first-order chi connectivity index (χ1) is 7.56. The lowest BCUT2D eigenvalue weighted by Gasteiger charge is -2.26. The van der Waals surface area contributed by atoms with Gasteiger partial charge >= 0.3 is 0 Å². The van der Waals surface area contributed by atoms with Crippen molar-refractivity contribution in [3.63, 3.8) is 0 Å². The Bertz CT molecular complexity index is 230. The molecular formula is C12H25N3O. The van der Waals surface area contributed by atoms with Gasteiger partial charge in [0.15, 0.2) is 0 Å². The zero-order chi connectivity index (χ0) is 12.1. The fraction of sp³-hybridized carbons (Fsp3) is 0.917. The Morgan fingerprint density at radius 2 is 2.25 bits per heavy atom. The van der Waals surface area contributed by atoms with Crippen molar-refractivity contribution in [3.05, 3.63) is 0 Å². The van der Waals surface area contributed by atoms with Crippen LogP contribution in [0, 0.1) is 0 Å². The molecule has 1 aliphatic rings. The molecule has 0 aromatic heterocycles. The van der Waals surface area contributed by atoms with Gasteiger partial charge in [-0.15, -0.1) is 0 Å². The molecule has 2 unspecified atom stereocenters. The zero-order valence-electron chi connectivity index (χ0n) is 11.0. The highest BCUT2D eigenvalue weighted by Crippen LogP contribution is 2.12. The summed E-state index contributed by atoms with van der Waals surface area (Å²) in [6.07, 6.45) is 2.04. The van der Waals surface area contributed by atoms with Crippen molar-refractivity contribution in [2.24, 2.45) is 0 Å². The van der Waals surface area contributed by atoms with Crippen LogP contribution in [0.5, 0.6) is 0 Å². The Kier molecular flexibility index (Phi) is 5.22. The van der Waals surface area contributed by atoms with E-state index in [0.717, 1.165) is 32.5 Å². The summed E-state index contributed by atoms with van der Waals surface area (Å²) in [5.74, 6) is 0.280. The number of likely N-dealkylation sites (N-methyl/N-ethyl adjacent to an activating group) is 1. The van der Waals surface area contributed by atoms with E-state index in [1.807, 2.05) is 4.90 Å². The Balaban J connectivity index is 2.38. The molecule has 1 amide bonds. The third kappa shape index (κ3) is 3.46. The molecule has 1 heterocycles. The minimum atomic E-state index is 0.0642. The van der Waals surface area contributed by atoms with Crippen molar-refractivity contribution < 1.29 is 4.79 Å². The minimum Gasteiger partial charge on any atom is -0.340 e. The average Bonchev–Trinajstić information content (AvgIpc) is 2.57. The summed E-state index contributed by atoms with van der Waals surface area (Å²) in [4.78, 5) is 16.2.